The summed E-state index contributed by atoms with van der Waals surface area (Å²) in [5, 5.41) is 3.52. The molecule has 0 aliphatic rings. The normalized spacial score (nSPS) is 13.6. The number of anilines is 1. The van der Waals surface area contributed by atoms with Gasteiger partial charge in [-0.15, -0.1) is 0 Å². The van der Waals surface area contributed by atoms with Crippen LogP contribution in [0.25, 0.3) is 0 Å². The van der Waals surface area contributed by atoms with E-state index in [0.29, 0.717) is 6.54 Å². The van der Waals surface area contributed by atoms with Gasteiger partial charge in [0.05, 0.1) is 12.6 Å². The Morgan fingerprint density at radius 2 is 1.85 bits per heavy atom. The molecule has 1 unspecified atom stereocenters. The molecule has 106 valence electrons. The Bertz CT molecular complexity index is 542. The van der Waals surface area contributed by atoms with E-state index in [1.807, 2.05) is 30.3 Å². The Balaban J connectivity index is 2.14. The van der Waals surface area contributed by atoms with Crippen molar-refractivity contribution in [3.8, 4) is 5.75 Å². The number of nitrogens with one attached hydrogen (secondary N) is 1. The number of ether oxygens (including phenoxy) is 1. The van der Waals surface area contributed by atoms with Crippen LogP contribution in [0.5, 0.6) is 5.75 Å². The van der Waals surface area contributed by atoms with Gasteiger partial charge in [0.25, 0.3) is 0 Å². The Morgan fingerprint density at radius 1 is 1.10 bits per heavy atom. The van der Waals surface area contributed by atoms with E-state index in [9.17, 15) is 0 Å². The van der Waals surface area contributed by atoms with Crippen LogP contribution in [0.4, 0.5) is 5.69 Å². The SMILES string of the molecule is COc1cccc(NC(C)(CN)Cc2ccccc2)c1. The van der Waals surface area contributed by atoms with Crippen molar-refractivity contribution in [1.29, 1.82) is 0 Å². The Morgan fingerprint density at radius 3 is 2.50 bits per heavy atom. The lowest BCUT2D eigenvalue weighted by Crippen LogP contribution is -2.44. The van der Waals surface area contributed by atoms with Crippen LogP contribution in [-0.2, 0) is 6.42 Å². The Hall–Kier alpha value is -2.00. The van der Waals surface area contributed by atoms with Gasteiger partial charge in [0.15, 0.2) is 0 Å². The van der Waals surface area contributed by atoms with Crippen LogP contribution >= 0.6 is 0 Å². The molecule has 0 aliphatic heterocycles. The molecule has 0 amide bonds. The smallest absolute Gasteiger partial charge is 0.120 e. The third-order valence-electron chi connectivity index (χ3n) is 3.40. The van der Waals surface area contributed by atoms with Crippen molar-refractivity contribution in [1.82, 2.24) is 0 Å². The van der Waals surface area contributed by atoms with Crippen molar-refractivity contribution >= 4 is 5.69 Å². The second-order valence-corrected chi connectivity index (χ2v) is 5.28. The van der Waals surface area contributed by atoms with Gasteiger partial charge in [0.2, 0.25) is 0 Å². The van der Waals surface area contributed by atoms with E-state index in [1.165, 1.54) is 5.56 Å². The molecule has 0 bridgehead atoms. The highest BCUT2D eigenvalue weighted by atomic mass is 16.5. The molecule has 2 aromatic carbocycles. The molecule has 0 aliphatic carbocycles. The number of hydrogen-bond acceptors (Lipinski definition) is 3. The van der Waals surface area contributed by atoms with Crippen LogP contribution in [0.1, 0.15) is 12.5 Å². The minimum absolute atomic E-state index is 0.187. The first-order valence-corrected chi connectivity index (χ1v) is 6.81. The molecule has 0 saturated carbocycles. The van der Waals surface area contributed by atoms with Gasteiger partial charge < -0.3 is 15.8 Å². The summed E-state index contributed by atoms with van der Waals surface area (Å²) >= 11 is 0. The first kappa shape index (κ1) is 14.4. The number of methoxy groups -OCH3 is 1. The minimum Gasteiger partial charge on any atom is -0.497 e. The van der Waals surface area contributed by atoms with Gasteiger partial charge in [0.1, 0.15) is 5.75 Å². The first-order valence-electron chi connectivity index (χ1n) is 6.81. The van der Waals surface area contributed by atoms with E-state index in [2.05, 4.69) is 36.5 Å². The molecule has 20 heavy (non-hydrogen) atoms. The van der Waals surface area contributed by atoms with E-state index >= 15 is 0 Å². The lowest BCUT2D eigenvalue weighted by atomic mass is 9.92. The van der Waals surface area contributed by atoms with Crippen LogP contribution in [0.15, 0.2) is 54.6 Å². The minimum atomic E-state index is -0.187. The van der Waals surface area contributed by atoms with Crippen molar-refractivity contribution in [2.75, 3.05) is 19.0 Å². The van der Waals surface area contributed by atoms with E-state index in [-0.39, 0.29) is 5.54 Å². The highest BCUT2D eigenvalue weighted by molar-refractivity contribution is 5.50. The zero-order valence-electron chi connectivity index (χ0n) is 12.1. The van der Waals surface area contributed by atoms with Gasteiger partial charge in [-0.25, -0.2) is 0 Å². The maximum Gasteiger partial charge on any atom is 0.120 e. The number of benzene rings is 2. The van der Waals surface area contributed by atoms with E-state index in [4.69, 9.17) is 10.5 Å². The zero-order valence-corrected chi connectivity index (χ0v) is 12.1. The number of hydrogen-bond donors (Lipinski definition) is 2. The van der Waals surface area contributed by atoms with Gasteiger partial charge in [-0.2, -0.15) is 0 Å². The number of rotatable bonds is 6. The summed E-state index contributed by atoms with van der Waals surface area (Å²) in [4.78, 5) is 0. The van der Waals surface area contributed by atoms with Crippen LogP contribution < -0.4 is 15.8 Å². The van der Waals surface area contributed by atoms with Crippen molar-refractivity contribution < 1.29 is 4.74 Å². The van der Waals surface area contributed by atoms with E-state index in [0.717, 1.165) is 17.9 Å². The zero-order chi connectivity index (χ0) is 14.4. The van der Waals surface area contributed by atoms with Crippen LogP contribution in [-0.4, -0.2) is 19.2 Å². The first-order chi connectivity index (χ1) is 9.65. The highest BCUT2D eigenvalue weighted by Gasteiger charge is 2.22. The topological polar surface area (TPSA) is 47.3 Å². The molecule has 0 saturated heterocycles. The van der Waals surface area contributed by atoms with Crippen molar-refractivity contribution in [3.05, 3.63) is 60.2 Å². The largest absolute Gasteiger partial charge is 0.497 e. The molecule has 0 spiro atoms. The molecule has 1 atom stereocenters. The maximum atomic E-state index is 5.98. The van der Waals surface area contributed by atoms with Crippen LogP contribution in [0, 0.1) is 0 Å². The second-order valence-electron chi connectivity index (χ2n) is 5.28. The molecule has 0 radical (unpaired) electrons. The van der Waals surface area contributed by atoms with Crippen molar-refractivity contribution in [2.24, 2.45) is 5.73 Å². The summed E-state index contributed by atoms with van der Waals surface area (Å²) in [6.45, 7) is 2.69. The summed E-state index contributed by atoms with van der Waals surface area (Å²) < 4.78 is 5.25. The quantitative estimate of drug-likeness (QED) is 0.848. The molecule has 2 aromatic rings. The summed E-state index contributed by atoms with van der Waals surface area (Å²) in [6, 6.07) is 18.3. The van der Waals surface area contributed by atoms with E-state index in [1.54, 1.807) is 7.11 Å². The highest BCUT2D eigenvalue weighted by Crippen LogP contribution is 2.22. The van der Waals surface area contributed by atoms with E-state index < -0.39 is 0 Å². The Labute approximate surface area is 120 Å². The molecule has 0 fully saturated rings. The van der Waals surface area contributed by atoms with Gasteiger partial charge >= 0.3 is 0 Å². The van der Waals surface area contributed by atoms with Crippen molar-refractivity contribution in [2.45, 2.75) is 18.9 Å². The Kier molecular flexibility index (Phi) is 4.64. The summed E-state index contributed by atoms with van der Waals surface area (Å²) in [6.07, 6.45) is 0.877. The molecular formula is C17H22N2O. The van der Waals surface area contributed by atoms with Crippen LogP contribution in [0.3, 0.4) is 0 Å². The van der Waals surface area contributed by atoms with Gasteiger partial charge in [-0.05, 0) is 31.0 Å². The molecule has 2 rings (SSSR count). The van der Waals surface area contributed by atoms with Gasteiger partial charge in [-0.3, -0.25) is 0 Å². The fourth-order valence-corrected chi connectivity index (χ4v) is 2.26. The number of nitrogens with two attached hydrogens (primary N) is 1. The molecule has 3 nitrogen and oxygen atoms in total. The second kappa shape index (κ2) is 6.44. The fourth-order valence-electron chi connectivity index (χ4n) is 2.26. The lowest BCUT2D eigenvalue weighted by molar-refractivity contribution is 0.414. The monoisotopic (exact) mass is 270 g/mol. The predicted octanol–water partition coefficient (Wildman–Crippen LogP) is 3.07. The molecular weight excluding hydrogens is 248 g/mol. The third-order valence-corrected chi connectivity index (χ3v) is 3.40. The van der Waals surface area contributed by atoms with Gasteiger partial charge in [0, 0.05) is 18.3 Å². The molecule has 0 aromatic heterocycles. The predicted molar refractivity (Wildman–Crippen MR) is 84.2 cm³/mol. The average Bonchev–Trinajstić information content (AvgIpc) is 2.48. The summed E-state index contributed by atoms with van der Waals surface area (Å²) in [5.41, 5.74) is 8.09. The van der Waals surface area contributed by atoms with Crippen molar-refractivity contribution in [3.63, 3.8) is 0 Å². The fraction of sp³-hybridized carbons (Fsp3) is 0.294. The third kappa shape index (κ3) is 3.75. The standard InChI is InChI=1S/C17H22N2O/c1-17(13-18,12-14-7-4-3-5-8-14)19-15-9-6-10-16(11-15)20-2/h3-11,19H,12-13,18H2,1-2H3. The molecule has 3 N–H and O–H groups in total. The average molecular weight is 270 g/mol. The summed E-state index contributed by atoms with van der Waals surface area (Å²) in [7, 11) is 1.67. The summed E-state index contributed by atoms with van der Waals surface area (Å²) in [5.74, 6) is 0.842. The maximum absolute atomic E-state index is 5.98. The molecule has 0 heterocycles. The van der Waals surface area contributed by atoms with Gasteiger partial charge in [-0.1, -0.05) is 36.4 Å². The lowest BCUT2D eigenvalue weighted by Gasteiger charge is -2.31. The molecule has 3 heteroatoms. The van der Waals surface area contributed by atoms with Crippen LogP contribution in [0.2, 0.25) is 0 Å².